The molecule has 0 bridgehead atoms. The molecule has 62 valence electrons. The number of carbonyl (C=O) groups excluding carboxylic acids is 1. The average molecular weight is 156 g/mol. The van der Waals surface area contributed by atoms with Gasteiger partial charge in [-0.3, -0.25) is 0 Å². The van der Waals surface area contributed by atoms with Crippen LogP contribution in [0.4, 0.5) is 0 Å². The Kier molecular flexibility index (Phi) is 1.51. The van der Waals surface area contributed by atoms with E-state index in [9.17, 15) is 4.79 Å². The third kappa shape index (κ3) is 0.914. The number of ether oxygens (including phenoxy) is 2. The lowest BCUT2D eigenvalue weighted by molar-refractivity contribution is -0.113. The zero-order valence-corrected chi connectivity index (χ0v) is 6.58. The SMILES string of the molecule is C[C@@]12CCO[C@@H]1C(C=O)CO2. The zero-order chi connectivity index (χ0) is 7.90. The van der Waals surface area contributed by atoms with Gasteiger partial charge in [0.15, 0.2) is 0 Å². The molecule has 3 atom stereocenters. The maximum Gasteiger partial charge on any atom is 0.128 e. The second kappa shape index (κ2) is 2.29. The molecule has 2 aliphatic rings. The van der Waals surface area contributed by atoms with Crippen LogP contribution in [-0.4, -0.2) is 31.2 Å². The average Bonchev–Trinajstić information content (AvgIpc) is 2.45. The van der Waals surface area contributed by atoms with Crippen molar-refractivity contribution in [3.8, 4) is 0 Å². The highest BCUT2D eigenvalue weighted by Crippen LogP contribution is 2.39. The summed E-state index contributed by atoms with van der Waals surface area (Å²) < 4.78 is 10.9. The van der Waals surface area contributed by atoms with Crippen LogP contribution in [0.3, 0.4) is 0 Å². The molecule has 1 unspecified atom stereocenters. The Balaban J connectivity index is 2.19. The van der Waals surface area contributed by atoms with Crippen molar-refractivity contribution in [2.75, 3.05) is 13.2 Å². The normalized spacial score (nSPS) is 49.2. The summed E-state index contributed by atoms with van der Waals surface area (Å²) in [6, 6.07) is 0. The minimum Gasteiger partial charge on any atom is -0.374 e. The van der Waals surface area contributed by atoms with Crippen LogP contribution in [0.25, 0.3) is 0 Å². The predicted molar refractivity (Wildman–Crippen MR) is 38.3 cm³/mol. The van der Waals surface area contributed by atoms with Crippen LogP contribution in [0.15, 0.2) is 0 Å². The number of hydrogen-bond donors (Lipinski definition) is 0. The Bertz CT molecular complexity index is 180. The number of fused-ring (bicyclic) bond motifs is 1. The second-order valence-corrected chi connectivity index (χ2v) is 3.46. The molecule has 0 aromatic rings. The van der Waals surface area contributed by atoms with Crippen molar-refractivity contribution in [1.82, 2.24) is 0 Å². The highest BCUT2D eigenvalue weighted by Gasteiger charge is 2.50. The maximum absolute atomic E-state index is 10.5. The summed E-state index contributed by atoms with van der Waals surface area (Å²) in [6.07, 6.45) is 1.88. The van der Waals surface area contributed by atoms with Gasteiger partial charge in [-0.05, 0) is 6.92 Å². The molecule has 0 aromatic carbocycles. The lowest BCUT2D eigenvalue weighted by Crippen LogP contribution is -2.34. The molecule has 2 rings (SSSR count). The molecule has 11 heavy (non-hydrogen) atoms. The summed E-state index contributed by atoms with van der Waals surface area (Å²) in [7, 11) is 0. The van der Waals surface area contributed by atoms with Crippen LogP contribution >= 0.6 is 0 Å². The first-order valence-corrected chi connectivity index (χ1v) is 3.97. The largest absolute Gasteiger partial charge is 0.374 e. The van der Waals surface area contributed by atoms with E-state index in [1.54, 1.807) is 0 Å². The van der Waals surface area contributed by atoms with Crippen LogP contribution in [-0.2, 0) is 14.3 Å². The van der Waals surface area contributed by atoms with Crippen molar-refractivity contribution in [3.05, 3.63) is 0 Å². The monoisotopic (exact) mass is 156 g/mol. The van der Waals surface area contributed by atoms with Gasteiger partial charge in [0.2, 0.25) is 0 Å². The van der Waals surface area contributed by atoms with Gasteiger partial charge in [0, 0.05) is 13.0 Å². The maximum atomic E-state index is 10.5. The van der Waals surface area contributed by atoms with E-state index in [0.29, 0.717) is 6.61 Å². The molecular weight excluding hydrogens is 144 g/mol. The Morgan fingerprint density at radius 2 is 2.45 bits per heavy atom. The van der Waals surface area contributed by atoms with E-state index in [0.717, 1.165) is 19.3 Å². The molecule has 2 fully saturated rings. The third-order valence-electron chi connectivity index (χ3n) is 2.67. The van der Waals surface area contributed by atoms with Gasteiger partial charge in [-0.15, -0.1) is 0 Å². The van der Waals surface area contributed by atoms with E-state index in [1.807, 2.05) is 6.92 Å². The minimum absolute atomic E-state index is 0.0139. The zero-order valence-electron chi connectivity index (χ0n) is 6.58. The molecule has 0 aliphatic carbocycles. The molecular formula is C8H12O3. The van der Waals surface area contributed by atoms with E-state index in [4.69, 9.17) is 9.47 Å². The number of hydrogen-bond acceptors (Lipinski definition) is 3. The summed E-state index contributed by atoms with van der Waals surface area (Å²) in [5, 5.41) is 0. The fraction of sp³-hybridized carbons (Fsp3) is 0.875. The van der Waals surface area contributed by atoms with Gasteiger partial charge in [-0.25, -0.2) is 0 Å². The Morgan fingerprint density at radius 1 is 1.64 bits per heavy atom. The first-order valence-electron chi connectivity index (χ1n) is 3.97. The number of rotatable bonds is 1. The van der Waals surface area contributed by atoms with Crippen LogP contribution in [0.1, 0.15) is 13.3 Å². The summed E-state index contributed by atoms with van der Waals surface area (Å²) in [5.41, 5.74) is -0.175. The second-order valence-electron chi connectivity index (χ2n) is 3.46. The summed E-state index contributed by atoms with van der Waals surface area (Å²) in [5.74, 6) is -0.0394. The van der Waals surface area contributed by atoms with Crippen molar-refractivity contribution >= 4 is 6.29 Å². The molecule has 0 N–H and O–H groups in total. The van der Waals surface area contributed by atoms with Crippen molar-refractivity contribution < 1.29 is 14.3 Å². The van der Waals surface area contributed by atoms with E-state index >= 15 is 0 Å². The number of carbonyl (C=O) groups is 1. The predicted octanol–water partition coefficient (Wildman–Crippen LogP) is 0.379. The van der Waals surface area contributed by atoms with Crippen LogP contribution in [0.2, 0.25) is 0 Å². The minimum atomic E-state index is -0.175. The van der Waals surface area contributed by atoms with Gasteiger partial charge in [0.25, 0.3) is 0 Å². The highest BCUT2D eigenvalue weighted by atomic mass is 16.6. The molecule has 3 nitrogen and oxygen atoms in total. The van der Waals surface area contributed by atoms with E-state index in [-0.39, 0.29) is 17.6 Å². The Labute approximate surface area is 65.7 Å². The molecule has 2 heterocycles. The van der Waals surface area contributed by atoms with Gasteiger partial charge in [0.05, 0.1) is 24.2 Å². The van der Waals surface area contributed by atoms with Gasteiger partial charge < -0.3 is 14.3 Å². The van der Waals surface area contributed by atoms with Crippen LogP contribution in [0.5, 0.6) is 0 Å². The number of aldehydes is 1. The highest BCUT2D eigenvalue weighted by molar-refractivity contribution is 5.56. The summed E-state index contributed by atoms with van der Waals surface area (Å²) in [6.45, 7) is 3.28. The topological polar surface area (TPSA) is 35.5 Å². The molecule has 0 aromatic heterocycles. The van der Waals surface area contributed by atoms with Gasteiger partial charge >= 0.3 is 0 Å². The molecule has 2 saturated heterocycles. The van der Waals surface area contributed by atoms with Crippen molar-refractivity contribution in [3.63, 3.8) is 0 Å². The standard InChI is InChI=1S/C8H12O3/c1-8-2-3-10-7(8)6(4-9)5-11-8/h4,6-7H,2-3,5H2,1H3/t6?,7-,8-/m1/s1. The van der Waals surface area contributed by atoms with Gasteiger partial charge in [0.1, 0.15) is 6.29 Å². The fourth-order valence-electron chi connectivity index (χ4n) is 1.92. The Hall–Kier alpha value is -0.410. The van der Waals surface area contributed by atoms with E-state index < -0.39 is 0 Å². The molecule has 0 amide bonds. The van der Waals surface area contributed by atoms with E-state index in [1.165, 1.54) is 0 Å². The Morgan fingerprint density at radius 3 is 3.18 bits per heavy atom. The molecule has 0 saturated carbocycles. The van der Waals surface area contributed by atoms with Crippen LogP contribution in [0, 0.1) is 5.92 Å². The molecule has 0 radical (unpaired) electrons. The van der Waals surface area contributed by atoms with Crippen molar-refractivity contribution in [2.45, 2.75) is 25.0 Å². The molecule has 3 heteroatoms. The molecule has 0 spiro atoms. The van der Waals surface area contributed by atoms with E-state index in [2.05, 4.69) is 0 Å². The smallest absolute Gasteiger partial charge is 0.128 e. The first kappa shape index (κ1) is 7.25. The first-order chi connectivity index (χ1) is 5.26. The lowest BCUT2D eigenvalue weighted by atomic mass is 9.93. The van der Waals surface area contributed by atoms with Crippen LogP contribution < -0.4 is 0 Å². The van der Waals surface area contributed by atoms with Crippen molar-refractivity contribution in [1.29, 1.82) is 0 Å². The lowest BCUT2D eigenvalue weighted by Gasteiger charge is -2.20. The summed E-state index contributed by atoms with van der Waals surface area (Å²) >= 11 is 0. The van der Waals surface area contributed by atoms with Crippen molar-refractivity contribution in [2.24, 2.45) is 5.92 Å². The van der Waals surface area contributed by atoms with Gasteiger partial charge in [-0.1, -0.05) is 0 Å². The third-order valence-corrected chi connectivity index (χ3v) is 2.67. The fourth-order valence-corrected chi connectivity index (χ4v) is 1.92. The van der Waals surface area contributed by atoms with Gasteiger partial charge in [-0.2, -0.15) is 0 Å². The molecule has 2 aliphatic heterocycles. The quantitative estimate of drug-likeness (QED) is 0.515. The summed E-state index contributed by atoms with van der Waals surface area (Å²) in [4.78, 5) is 10.5.